The second-order valence-corrected chi connectivity index (χ2v) is 4.26. The molecule has 17 heavy (non-hydrogen) atoms. The summed E-state index contributed by atoms with van der Waals surface area (Å²) in [5.74, 6) is 0.358. The standard InChI is InChI=1S/C13H12N2O2/c16-11-3-1-2-10(6-11)15-13-7-12(17)5-4-9(13)8-14-15/h4-8,17H,1-3H2. The molecule has 4 nitrogen and oxygen atoms in total. The van der Waals surface area contributed by atoms with Crippen LogP contribution in [-0.4, -0.2) is 20.7 Å². The number of carbonyl (C=O) groups excluding carboxylic acids is 1. The van der Waals surface area contributed by atoms with Crippen molar-refractivity contribution >= 4 is 22.4 Å². The Hall–Kier alpha value is -2.10. The van der Waals surface area contributed by atoms with Crippen molar-refractivity contribution in [2.75, 3.05) is 0 Å². The van der Waals surface area contributed by atoms with Crippen LogP contribution in [0.15, 0.2) is 30.5 Å². The SMILES string of the molecule is O=C1C=C(n2ncc3ccc(O)cc32)CCC1. The topological polar surface area (TPSA) is 55.1 Å². The molecule has 1 heterocycles. The van der Waals surface area contributed by atoms with Crippen LogP contribution in [-0.2, 0) is 4.79 Å². The lowest BCUT2D eigenvalue weighted by Gasteiger charge is -2.12. The van der Waals surface area contributed by atoms with Gasteiger partial charge in [-0.25, -0.2) is 4.68 Å². The molecule has 0 aliphatic heterocycles. The molecule has 1 aromatic heterocycles. The van der Waals surface area contributed by atoms with Crippen LogP contribution in [0.4, 0.5) is 0 Å². The molecule has 0 bridgehead atoms. The van der Waals surface area contributed by atoms with Crippen molar-refractivity contribution < 1.29 is 9.90 Å². The van der Waals surface area contributed by atoms with Gasteiger partial charge in [-0.15, -0.1) is 0 Å². The van der Waals surface area contributed by atoms with E-state index < -0.39 is 0 Å². The van der Waals surface area contributed by atoms with Crippen LogP contribution >= 0.6 is 0 Å². The summed E-state index contributed by atoms with van der Waals surface area (Å²) in [6, 6.07) is 5.12. The van der Waals surface area contributed by atoms with Crippen molar-refractivity contribution in [3.05, 3.63) is 30.5 Å². The Morgan fingerprint density at radius 1 is 1.29 bits per heavy atom. The molecule has 0 saturated heterocycles. The Morgan fingerprint density at radius 3 is 3.00 bits per heavy atom. The van der Waals surface area contributed by atoms with Crippen molar-refractivity contribution in [2.24, 2.45) is 0 Å². The van der Waals surface area contributed by atoms with Crippen molar-refractivity contribution in [1.82, 2.24) is 9.78 Å². The van der Waals surface area contributed by atoms with Crippen molar-refractivity contribution in [1.29, 1.82) is 0 Å². The van der Waals surface area contributed by atoms with Gasteiger partial charge in [-0.1, -0.05) is 0 Å². The zero-order chi connectivity index (χ0) is 11.8. The lowest BCUT2D eigenvalue weighted by atomic mass is 10.0. The number of carbonyl (C=O) groups is 1. The first-order valence-electron chi connectivity index (χ1n) is 5.64. The predicted octanol–water partition coefficient (Wildman–Crippen LogP) is 2.34. The molecule has 1 aliphatic carbocycles. The highest BCUT2D eigenvalue weighted by atomic mass is 16.3. The summed E-state index contributed by atoms with van der Waals surface area (Å²) in [6.45, 7) is 0. The number of nitrogens with zero attached hydrogens (tertiary/aromatic N) is 2. The van der Waals surface area contributed by atoms with Crippen LogP contribution in [0.3, 0.4) is 0 Å². The number of benzene rings is 1. The van der Waals surface area contributed by atoms with E-state index in [0.717, 1.165) is 29.4 Å². The monoisotopic (exact) mass is 228 g/mol. The zero-order valence-corrected chi connectivity index (χ0v) is 9.26. The third kappa shape index (κ3) is 1.71. The van der Waals surface area contributed by atoms with Crippen molar-refractivity contribution in [3.63, 3.8) is 0 Å². The molecule has 0 radical (unpaired) electrons. The number of aromatic nitrogens is 2. The molecule has 1 aromatic carbocycles. The van der Waals surface area contributed by atoms with E-state index in [-0.39, 0.29) is 11.5 Å². The number of hydrogen-bond acceptors (Lipinski definition) is 3. The van der Waals surface area contributed by atoms with Crippen molar-refractivity contribution in [2.45, 2.75) is 19.3 Å². The summed E-state index contributed by atoms with van der Waals surface area (Å²) in [6.07, 6.45) is 5.73. The first kappa shape index (κ1) is 10.1. The fraction of sp³-hybridized carbons (Fsp3) is 0.231. The molecule has 3 rings (SSSR count). The van der Waals surface area contributed by atoms with E-state index in [2.05, 4.69) is 5.10 Å². The molecule has 0 saturated carbocycles. The van der Waals surface area contributed by atoms with Crippen LogP contribution in [0.2, 0.25) is 0 Å². The molecule has 0 fully saturated rings. The number of hydrogen-bond donors (Lipinski definition) is 1. The highest BCUT2D eigenvalue weighted by Gasteiger charge is 2.14. The second-order valence-electron chi connectivity index (χ2n) is 4.26. The summed E-state index contributed by atoms with van der Waals surface area (Å²) in [4.78, 5) is 11.4. The molecule has 1 N–H and O–H groups in total. The highest BCUT2D eigenvalue weighted by Crippen LogP contribution is 2.26. The highest BCUT2D eigenvalue weighted by molar-refractivity contribution is 5.96. The summed E-state index contributed by atoms with van der Waals surface area (Å²) >= 11 is 0. The van der Waals surface area contributed by atoms with E-state index in [9.17, 15) is 9.90 Å². The average Bonchev–Trinajstić information content (AvgIpc) is 2.71. The molecule has 0 amide bonds. The maximum atomic E-state index is 11.4. The zero-order valence-electron chi connectivity index (χ0n) is 9.26. The molecule has 4 heteroatoms. The third-order valence-electron chi connectivity index (χ3n) is 3.01. The second kappa shape index (κ2) is 3.73. The van der Waals surface area contributed by atoms with E-state index in [1.54, 1.807) is 29.1 Å². The largest absolute Gasteiger partial charge is 0.508 e. The summed E-state index contributed by atoms with van der Waals surface area (Å²) < 4.78 is 1.74. The number of phenols is 1. The number of fused-ring (bicyclic) bond motifs is 1. The van der Waals surface area contributed by atoms with E-state index in [1.807, 2.05) is 6.07 Å². The van der Waals surface area contributed by atoms with Gasteiger partial charge in [0.15, 0.2) is 5.78 Å². The Kier molecular flexibility index (Phi) is 2.21. The number of rotatable bonds is 1. The summed E-state index contributed by atoms with van der Waals surface area (Å²) in [5, 5.41) is 14.7. The Balaban J connectivity index is 2.17. The fourth-order valence-corrected chi connectivity index (χ4v) is 2.18. The van der Waals surface area contributed by atoms with Crippen LogP contribution in [0.1, 0.15) is 19.3 Å². The lowest BCUT2D eigenvalue weighted by Crippen LogP contribution is -2.08. The lowest BCUT2D eigenvalue weighted by molar-refractivity contribution is -0.114. The van der Waals surface area contributed by atoms with Gasteiger partial charge in [0.2, 0.25) is 0 Å². The van der Waals surface area contributed by atoms with Gasteiger partial charge in [0.1, 0.15) is 5.75 Å². The average molecular weight is 228 g/mol. The molecule has 0 atom stereocenters. The van der Waals surface area contributed by atoms with Crippen LogP contribution in [0, 0.1) is 0 Å². The van der Waals surface area contributed by atoms with Gasteiger partial charge in [-0.05, 0) is 25.0 Å². The predicted molar refractivity (Wildman–Crippen MR) is 64.5 cm³/mol. The Labute approximate surface area is 98.2 Å². The smallest absolute Gasteiger partial charge is 0.157 e. The van der Waals surface area contributed by atoms with Crippen LogP contribution < -0.4 is 0 Å². The maximum absolute atomic E-state index is 11.4. The van der Waals surface area contributed by atoms with E-state index in [1.165, 1.54) is 0 Å². The molecule has 1 aliphatic rings. The molecule has 86 valence electrons. The summed E-state index contributed by atoms with van der Waals surface area (Å²) in [7, 11) is 0. The van der Waals surface area contributed by atoms with Gasteiger partial charge in [-0.2, -0.15) is 5.10 Å². The Morgan fingerprint density at radius 2 is 2.18 bits per heavy atom. The minimum atomic E-state index is 0.148. The number of allylic oxidation sites excluding steroid dienone is 2. The Bertz CT molecular complexity index is 625. The number of aromatic hydroxyl groups is 1. The normalized spacial score (nSPS) is 16.2. The maximum Gasteiger partial charge on any atom is 0.157 e. The molecule has 0 spiro atoms. The quantitative estimate of drug-likeness (QED) is 0.815. The van der Waals surface area contributed by atoms with Crippen molar-refractivity contribution in [3.8, 4) is 5.75 Å². The van der Waals surface area contributed by atoms with E-state index in [4.69, 9.17) is 0 Å². The minimum absolute atomic E-state index is 0.148. The van der Waals surface area contributed by atoms with E-state index >= 15 is 0 Å². The molecule has 2 aromatic rings. The third-order valence-corrected chi connectivity index (χ3v) is 3.01. The molecule has 0 unspecified atom stereocenters. The van der Waals surface area contributed by atoms with Gasteiger partial charge in [0, 0.05) is 29.6 Å². The van der Waals surface area contributed by atoms with Gasteiger partial charge < -0.3 is 5.11 Å². The number of phenolic OH excluding ortho intramolecular Hbond substituents is 1. The molecular formula is C13H12N2O2. The first-order chi connectivity index (χ1) is 8.24. The van der Waals surface area contributed by atoms with Crippen LogP contribution in [0.25, 0.3) is 16.6 Å². The van der Waals surface area contributed by atoms with Gasteiger partial charge >= 0.3 is 0 Å². The summed E-state index contributed by atoms with van der Waals surface area (Å²) in [5.41, 5.74) is 1.74. The van der Waals surface area contributed by atoms with Crippen LogP contribution in [0.5, 0.6) is 5.75 Å². The van der Waals surface area contributed by atoms with E-state index in [0.29, 0.717) is 6.42 Å². The minimum Gasteiger partial charge on any atom is -0.508 e. The fourth-order valence-electron chi connectivity index (χ4n) is 2.18. The first-order valence-corrected chi connectivity index (χ1v) is 5.64. The van der Waals surface area contributed by atoms with Gasteiger partial charge in [0.25, 0.3) is 0 Å². The van der Waals surface area contributed by atoms with Gasteiger partial charge in [-0.3, -0.25) is 4.79 Å². The molecular weight excluding hydrogens is 216 g/mol. The van der Waals surface area contributed by atoms with Gasteiger partial charge in [0.05, 0.1) is 11.7 Å². The number of ketones is 1.